The summed E-state index contributed by atoms with van der Waals surface area (Å²) >= 11 is 0. The molecule has 0 aliphatic rings. The molecule has 0 fully saturated rings. The third kappa shape index (κ3) is 5.02. The number of carbonyl (C=O) groups excluding carboxylic acids is 1. The van der Waals surface area contributed by atoms with E-state index in [-0.39, 0.29) is 11.8 Å². The van der Waals surface area contributed by atoms with Crippen LogP contribution in [0.25, 0.3) is 11.6 Å². The number of rotatable bonds is 7. The van der Waals surface area contributed by atoms with Gasteiger partial charge in [-0.15, -0.1) is 0 Å². The number of carbonyl (C=O) groups is 1. The van der Waals surface area contributed by atoms with Crippen LogP contribution in [0.4, 0.5) is 4.39 Å². The van der Waals surface area contributed by atoms with E-state index >= 15 is 0 Å². The zero-order chi connectivity index (χ0) is 18.2. The molecule has 0 aliphatic carbocycles. The zero-order valence-electron chi connectivity index (χ0n) is 15.1. The molecule has 132 valence electrons. The highest BCUT2D eigenvalue weighted by molar-refractivity contribution is 5.98. The molecule has 2 rings (SSSR count). The normalized spacial score (nSPS) is 11.4. The number of hydrogen-bond donors (Lipinski definition) is 0. The number of aryl methyl sites for hydroxylation is 1. The summed E-state index contributed by atoms with van der Waals surface area (Å²) in [5.41, 5.74) is 4.54. The highest BCUT2D eigenvalue weighted by Crippen LogP contribution is 2.30. The predicted octanol–water partition coefficient (Wildman–Crippen LogP) is 6.04. The van der Waals surface area contributed by atoms with Gasteiger partial charge in [-0.1, -0.05) is 50.1 Å². The quantitative estimate of drug-likeness (QED) is 0.349. The lowest BCUT2D eigenvalue weighted by atomic mass is 9.90. The lowest BCUT2D eigenvalue weighted by Crippen LogP contribution is -2.07. The van der Waals surface area contributed by atoms with Crippen LogP contribution in [0.1, 0.15) is 59.7 Å². The molecule has 0 bridgehead atoms. The standard InChI is InChI=1S/C22H25FO2/c1-4-5-6-9-18(15-17-11-13-19(23)14-12-17)21-16(2)8-7-10-20(21)22(24)25-3/h7-8,10-15H,4-6,9H2,1-3H3/b18-15-. The minimum atomic E-state index is -0.334. The first-order valence-electron chi connectivity index (χ1n) is 8.71. The summed E-state index contributed by atoms with van der Waals surface area (Å²) in [5.74, 6) is -0.588. The molecule has 0 aliphatic heterocycles. The Morgan fingerprint density at radius 3 is 2.48 bits per heavy atom. The van der Waals surface area contributed by atoms with Crippen molar-refractivity contribution in [3.63, 3.8) is 0 Å². The summed E-state index contributed by atoms with van der Waals surface area (Å²) in [6.45, 7) is 4.16. The van der Waals surface area contributed by atoms with Crippen molar-refractivity contribution >= 4 is 17.6 Å². The SMILES string of the molecule is CCCCC/C(=C/c1ccc(F)cc1)c1c(C)cccc1C(=O)OC. The molecule has 0 heterocycles. The van der Waals surface area contributed by atoms with Gasteiger partial charge >= 0.3 is 5.97 Å². The van der Waals surface area contributed by atoms with Gasteiger partial charge < -0.3 is 4.74 Å². The van der Waals surface area contributed by atoms with Gasteiger partial charge in [0.05, 0.1) is 12.7 Å². The Balaban J connectivity index is 2.52. The summed E-state index contributed by atoms with van der Waals surface area (Å²) in [6.07, 6.45) is 6.20. The zero-order valence-corrected chi connectivity index (χ0v) is 15.1. The van der Waals surface area contributed by atoms with Gasteiger partial charge in [0.1, 0.15) is 5.82 Å². The molecule has 0 saturated heterocycles. The lowest BCUT2D eigenvalue weighted by Gasteiger charge is -2.15. The summed E-state index contributed by atoms with van der Waals surface area (Å²) in [5, 5.41) is 0. The minimum Gasteiger partial charge on any atom is -0.465 e. The number of unbranched alkanes of at least 4 members (excludes halogenated alkanes) is 2. The van der Waals surface area contributed by atoms with Crippen LogP contribution in [-0.4, -0.2) is 13.1 Å². The van der Waals surface area contributed by atoms with Crippen LogP contribution in [0, 0.1) is 12.7 Å². The molecule has 0 amide bonds. The van der Waals surface area contributed by atoms with Crippen molar-refractivity contribution in [2.24, 2.45) is 0 Å². The van der Waals surface area contributed by atoms with E-state index in [2.05, 4.69) is 6.92 Å². The Hall–Kier alpha value is -2.42. The van der Waals surface area contributed by atoms with E-state index in [9.17, 15) is 9.18 Å². The second-order valence-electron chi connectivity index (χ2n) is 6.17. The van der Waals surface area contributed by atoms with Crippen molar-refractivity contribution in [1.82, 2.24) is 0 Å². The van der Waals surface area contributed by atoms with E-state index in [0.717, 1.165) is 47.9 Å². The molecule has 0 N–H and O–H groups in total. The van der Waals surface area contributed by atoms with E-state index in [4.69, 9.17) is 4.74 Å². The highest BCUT2D eigenvalue weighted by Gasteiger charge is 2.17. The predicted molar refractivity (Wildman–Crippen MR) is 101 cm³/mol. The number of benzene rings is 2. The highest BCUT2D eigenvalue weighted by atomic mass is 19.1. The van der Waals surface area contributed by atoms with Gasteiger partial charge in [-0.05, 0) is 60.2 Å². The fourth-order valence-electron chi connectivity index (χ4n) is 2.97. The number of methoxy groups -OCH3 is 1. The van der Waals surface area contributed by atoms with Crippen molar-refractivity contribution in [2.75, 3.05) is 7.11 Å². The van der Waals surface area contributed by atoms with E-state index in [1.54, 1.807) is 18.2 Å². The monoisotopic (exact) mass is 340 g/mol. The minimum absolute atomic E-state index is 0.254. The summed E-state index contributed by atoms with van der Waals surface area (Å²) < 4.78 is 18.2. The van der Waals surface area contributed by atoms with E-state index in [1.165, 1.54) is 19.2 Å². The van der Waals surface area contributed by atoms with Crippen LogP contribution in [0.5, 0.6) is 0 Å². The molecule has 0 saturated carbocycles. The molecule has 0 radical (unpaired) electrons. The van der Waals surface area contributed by atoms with Gasteiger partial charge in [-0.25, -0.2) is 9.18 Å². The third-order valence-electron chi connectivity index (χ3n) is 4.26. The van der Waals surface area contributed by atoms with E-state index in [0.29, 0.717) is 5.56 Å². The third-order valence-corrected chi connectivity index (χ3v) is 4.26. The van der Waals surface area contributed by atoms with Gasteiger partial charge in [-0.2, -0.15) is 0 Å². The first-order chi connectivity index (χ1) is 12.1. The second-order valence-corrected chi connectivity index (χ2v) is 6.17. The van der Waals surface area contributed by atoms with E-state index < -0.39 is 0 Å². The van der Waals surface area contributed by atoms with Crippen LogP contribution >= 0.6 is 0 Å². The van der Waals surface area contributed by atoms with Crippen molar-refractivity contribution in [2.45, 2.75) is 39.5 Å². The maximum absolute atomic E-state index is 13.2. The largest absolute Gasteiger partial charge is 0.465 e. The molecule has 25 heavy (non-hydrogen) atoms. The molecule has 2 aromatic carbocycles. The summed E-state index contributed by atoms with van der Waals surface area (Å²) in [7, 11) is 1.40. The Kier molecular flexibility index (Phi) is 6.93. The van der Waals surface area contributed by atoms with Crippen LogP contribution < -0.4 is 0 Å². The van der Waals surface area contributed by atoms with E-state index in [1.807, 2.05) is 25.1 Å². The molecule has 0 spiro atoms. The van der Waals surface area contributed by atoms with Crippen LogP contribution in [0.3, 0.4) is 0 Å². The Morgan fingerprint density at radius 2 is 1.84 bits per heavy atom. The first kappa shape index (κ1) is 18.9. The number of halogens is 1. The average molecular weight is 340 g/mol. The number of esters is 1. The average Bonchev–Trinajstić information content (AvgIpc) is 2.62. The number of hydrogen-bond acceptors (Lipinski definition) is 2. The molecule has 2 nitrogen and oxygen atoms in total. The lowest BCUT2D eigenvalue weighted by molar-refractivity contribution is 0.0600. The van der Waals surface area contributed by atoms with Crippen molar-refractivity contribution in [3.8, 4) is 0 Å². The molecule has 3 heteroatoms. The first-order valence-corrected chi connectivity index (χ1v) is 8.71. The molecule has 2 aromatic rings. The molecule has 0 atom stereocenters. The Morgan fingerprint density at radius 1 is 1.12 bits per heavy atom. The number of ether oxygens (including phenoxy) is 1. The maximum atomic E-state index is 13.2. The van der Waals surface area contributed by atoms with Crippen LogP contribution in [-0.2, 0) is 4.74 Å². The fourth-order valence-corrected chi connectivity index (χ4v) is 2.97. The van der Waals surface area contributed by atoms with Gasteiger partial charge in [0.25, 0.3) is 0 Å². The Bertz CT molecular complexity index is 745. The fraction of sp³-hybridized carbons (Fsp3) is 0.318. The van der Waals surface area contributed by atoms with Gasteiger partial charge in [0.2, 0.25) is 0 Å². The smallest absolute Gasteiger partial charge is 0.338 e. The maximum Gasteiger partial charge on any atom is 0.338 e. The van der Waals surface area contributed by atoms with Crippen molar-refractivity contribution < 1.29 is 13.9 Å². The van der Waals surface area contributed by atoms with Crippen LogP contribution in [0.15, 0.2) is 42.5 Å². The Labute approximate surface area is 149 Å². The molecule has 0 aromatic heterocycles. The van der Waals surface area contributed by atoms with Crippen molar-refractivity contribution in [1.29, 1.82) is 0 Å². The molecule has 0 unspecified atom stereocenters. The second kappa shape index (κ2) is 9.16. The van der Waals surface area contributed by atoms with Gasteiger partial charge in [-0.3, -0.25) is 0 Å². The van der Waals surface area contributed by atoms with Crippen LogP contribution in [0.2, 0.25) is 0 Å². The topological polar surface area (TPSA) is 26.3 Å². The van der Waals surface area contributed by atoms with Gasteiger partial charge in [0, 0.05) is 0 Å². The molecular formula is C22H25FO2. The number of allylic oxidation sites excluding steroid dienone is 1. The molecular weight excluding hydrogens is 315 g/mol. The van der Waals surface area contributed by atoms with Gasteiger partial charge in [0.15, 0.2) is 0 Å². The summed E-state index contributed by atoms with van der Waals surface area (Å²) in [6, 6.07) is 12.1. The van der Waals surface area contributed by atoms with Crippen molar-refractivity contribution in [3.05, 3.63) is 70.5 Å². The summed E-state index contributed by atoms with van der Waals surface area (Å²) in [4.78, 5) is 12.2.